The fourth-order valence-corrected chi connectivity index (χ4v) is 1.84. The molecule has 0 bridgehead atoms. The van der Waals surface area contributed by atoms with Crippen LogP contribution in [-0.4, -0.2) is 24.0 Å². The van der Waals surface area contributed by atoms with Gasteiger partial charge in [-0.05, 0) is 24.5 Å². The zero-order chi connectivity index (χ0) is 14.0. The molecule has 1 fully saturated rings. The number of ether oxygens (including phenoxy) is 1. The maximum Gasteiger partial charge on any atom is 0.273 e. The second-order valence-corrected chi connectivity index (χ2v) is 4.62. The first-order valence-electron chi connectivity index (χ1n) is 6.00. The first-order valence-corrected chi connectivity index (χ1v) is 6.00. The molecule has 2 amide bonds. The van der Waals surface area contributed by atoms with E-state index in [4.69, 9.17) is 4.74 Å². The van der Waals surface area contributed by atoms with Gasteiger partial charge < -0.3 is 9.84 Å². The molecule has 1 aliphatic carbocycles. The Kier molecular flexibility index (Phi) is 3.59. The number of benzene rings is 1. The largest absolute Gasteiger partial charge is 0.504 e. The predicted molar refractivity (Wildman–Crippen MR) is 67.5 cm³/mol. The van der Waals surface area contributed by atoms with Gasteiger partial charge in [-0.1, -0.05) is 13.0 Å². The summed E-state index contributed by atoms with van der Waals surface area (Å²) < 4.78 is 4.91. The molecule has 0 saturated heterocycles. The summed E-state index contributed by atoms with van der Waals surface area (Å²) in [5, 5.41) is 9.79. The number of amides is 2. The van der Waals surface area contributed by atoms with Crippen molar-refractivity contribution in [3.05, 3.63) is 23.8 Å². The number of aromatic hydroxyl groups is 1. The van der Waals surface area contributed by atoms with Crippen LogP contribution in [0.5, 0.6) is 11.5 Å². The normalized spacial score (nSPS) is 20.5. The molecule has 0 heterocycles. The molecule has 19 heavy (non-hydrogen) atoms. The minimum absolute atomic E-state index is 0.0285. The lowest BCUT2D eigenvalue weighted by molar-refractivity contribution is -0.123. The zero-order valence-corrected chi connectivity index (χ0v) is 10.8. The van der Waals surface area contributed by atoms with Crippen LogP contribution in [0.4, 0.5) is 0 Å². The topological polar surface area (TPSA) is 87.7 Å². The first-order chi connectivity index (χ1) is 9.04. The van der Waals surface area contributed by atoms with Crippen LogP contribution in [0.25, 0.3) is 0 Å². The monoisotopic (exact) mass is 264 g/mol. The lowest BCUT2D eigenvalue weighted by atomic mass is 10.2. The maximum absolute atomic E-state index is 11.8. The number of phenols is 1. The molecular weight excluding hydrogens is 248 g/mol. The Labute approximate surface area is 110 Å². The van der Waals surface area contributed by atoms with Crippen LogP contribution in [0.1, 0.15) is 23.7 Å². The van der Waals surface area contributed by atoms with Crippen molar-refractivity contribution in [2.24, 2.45) is 11.8 Å². The number of carbonyl (C=O) groups is 2. The molecule has 1 aromatic rings. The molecular formula is C13H16N2O4. The van der Waals surface area contributed by atoms with Crippen molar-refractivity contribution in [3.63, 3.8) is 0 Å². The van der Waals surface area contributed by atoms with Crippen LogP contribution in [0.3, 0.4) is 0 Å². The van der Waals surface area contributed by atoms with Crippen LogP contribution in [-0.2, 0) is 4.79 Å². The van der Waals surface area contributed by atoms with Crippen LogP contribution in [0, 0.1) is 11.8 Å². The molecule has 102 valence electrons. The SMILES string of the molecule is COc1cccc(C(=O)NNC(=O)[C@H]2C[C@H]2C)c1O. The zero-order valence-electron chi connectivity index (χ0n) is 10.8. The number of para-hydroxylation sites is 1. The molecule has 0 spiro atoms. The molecule has 1 saturated carbocycles. The van der Waals surface area contributed by atoms with E-state index in [1.165, 1.54) is 19.2 Å². The third-order valence-electron chi connectivity index (χ3n) is 3.21. The smallest absolute Gasteiger partial charge is 0.273 e. The number of hydrogen-bond acceptors (Lipinski definition) is 4. The van der Waals surface area contributed by atoms with Gasteiger partial charge in [0.1, 0.15) is 0 Å². The average Bonchev–Trinajstić information content (AvgIpc) is 3.13. The summed E-state index contributed by atoms with van der Waals surface area (Å²) in [6.07, 6.45) is 0.839. The van der Waals surface area contributed by atoms with Crippen LogP contribution < -0.4 is 15.6 Å². The third-order valence-corrected chi connectivity index (χ3v) is 3.21. The second kappa shape index (κ2) is 5.17. The molecule has 1 aliphatic rings. The van der Waals surface area contributed by atoms with E-state index in [1.807, 2.05) is 6.92 Å². The minimum atomic E-state index is -0.585. The highest BCUT2D eigenvalue weighted by Gasteiger charge is 2.39. The Morgan fingerprint density at radius 3 is 2.63 bits per heavy atom. The molecule has 1 aromatic carbocycles. The van der Waals surface area contributed by atoms with E-state index in [0.717, 1.165) is 6.42 Å². The van der Waals surface area contributed by atoms with Crippen molar-refractivity contribution < 1.29 is 19.4 Å². The fourth-order valence-electron chi connectivity index (χ4n) is 1.84. The quantitative estimate of drug-likeness (QED) is 0.705. The number of phenolic OH excluding ortho intramolecular Hbond substituents is 1. The van der Waals surface area contributed by atoms with E-state index >= 15 is 0 Å². The van der Waals surface area contributed by atoms with Crippen molar-refractivity contribution >= 4 is 11.8 Å². The summed E-state index contributed by atoms with van der Waals surface area (Å²) in [5.74, 6) is -0.506. The highest BCUT2D eigenvalue weighted by atomic mass is 16.5. The van der Waals surface area contributed by atoms with E-state index in [1.54, 1.807) is 6.07 Å². The molecule has 0 aromatic heterocycles. The van der Waals surface area contributed by atoms with E-state index < -0.39 is 5.91 Å². The highest BCUT2D eigenvalue weighted by molar-refractivity contribution is 5.98. The van der Waals surface area contributed by atoms with Crippen molar-refractivity contribution in [2.75, 3.05) is 7.11 Å². The predicted octanol–water partition coefficient (Wildman–Crippen LogP) is 0.818. The molecule has 0 radical (unpaired) electrons. The Morgan fingerprint density at radius 1 is 1.37 bits per heavy atom. The Morgan fingerprint density at radius 2 is 2.05 bits per heavy atom. The van der Waals surface area contributed by atoms with Gasteiger partial charge in [-0.25, -0.2) is 0 Å². The third kappa shape index (κ3) is 2.78. The number of hydrogen-bond donors (Lipinski definition) is 3. The lowest BCUT2D eigenvalue weighted by Gasteiger charge is -2.10. The van der Waals surface area contributed by atoms with Crippen LogP contribution in [0.15, 0.2) is 18.2 Å². The Hall–Kier alpha value is -2.24. The maximum atomic E-state index is 11.8. The molecule has 3 N–H and O–H groups in total. The van der Waals surface area contributed by atoms with Gasteiger partial charge in [0.25, 0.3) is 5.91 Å². The summed E-state index contributed by atoms with van der Waals surface area (Å²) in [6, 6.07) is 4.56. The Bertz CT molecular complexity index is 515. The molecule has 2 atom stereocenters. The van der Waals surface area contributed by atoms with Crippen molar-refractivity contribution in [1.82, 2.24) is 10.9 Å². The van der Waals surface area contributed by atoms with E-state index in [0.29, 0.717) is 5.92 Å². The van der Waals surface area contributed by atoms with Gasteiger partial charge >= 0.3 is 0 Å². The van der Waals surface area contributed by atoms with Gasteiger partial charge in [-0.3, -0.25) is 20.4 Å². The number of hydrazine groups is 1. The summed E-state index contributed by atoms with van der Waals surface area (Å²) in [4.78, 5) is 23.4. The van der Waals surface area contributed by atoms with E-state index in [9.17, 15) is 14.7 Å². The summed E-state index contributed by atoms with van der Waals surface area (Å²) in [6.45, 7) is 1.97. The average molecular weight is 264 g/mol. The van der Waals surface area contributed by atoms with Gasteiger partial charge in [0, 0.05) is 5.92 Å². The number of nitrogens with one attached hydrogen (secondary N) is 2. The van der Waals surface area contributed by atoms with E-state index in [2.05, 4.69) is 10.9 Å². The van der Waals surface area contributed by atoms with Crippen LogP contribution >= 0.6 is 0 Å². The minimum Gasteiger partial charge on any atom is -0.504 e. The molecule has 6 nitrogen and oxygen atoms in total. The summed E-state index contributed by atoms with van der Waals surface area (Å²) in [7, 11) is 1.40. The standard InChI is InChI=1S/C13H16N2O4/c1-7-6-9(7)13(18)15-14-12(17)8-4-3-5-10(19-2)11(8)16/h3-5,7,9,16H,6H2,1-2H3,(H,14,17)(H,15,18)/t7-,9+/m1/s1. The van der Waals surface area contributed by atoms with Crippen molar-refractivity contribution in [1.29, 1.82) is 0 Å². The molecule has 6 heteroatoms. The first kappa shape index (κ1) is 13.2. The molecule has 0 aliphatic heterocycles. The summed E-state index contributed by atoms with van der Waals surface area (Å²) in [5.41, 5.74) is 4.67. The van der Waals surface area contributed by atoms with E-state index in [-0.39, 0.29) is 28.9 Å². The van der Waals surface area contributed by atoms with Gasteiger partial charge in [-0.2, -0.15) is 0 Å². The second-order valence-electron chi connectivity index (χ2n) is 4.62. The van der Waals surface area contributed by atoms with Gasteiger partial charge in [0.2, 0.25) is 5.91 Å². The highest BCUT2D eigenvalue weighted by Crippen LogP contribution is 2.37. The Balaban J connectivity index is 1.98. The van der Waals surface area contributed by atoms with Crippen molar-refractivity contribution in [2.45, 2.75) is 13.3 Å². The summed E-state index contributed by atoms with van der Waals surface area (Å²) >= 11 is 0. The molecule has 0 unspecified atom stereocenters. The van der Waals surface area contributed by atoms with Gasteiger partial charge in [-0.15, -0.1) is 0 Å². The van der Waals surface area contributed by atoms with Crippen molar-refractivity contribution in [3.8, 4) is 11.5 Å². The number of carbonyl (C=O) groups excluding carboxylic acids is 2. The fraction of sp³-hybridized carbons (Fsp3) is 0.385. The molecule has 2 rings (SSSR count). The number of methoxy groups -OCH3 is 1. The van der Waals surface area contributed by atoms with Gasteiger partial charge in [0.15, 0.2) is 11.5 Å². The van der Waals surface area contributed by atoms with Crippen LogP contribution in [0.2, 0.25) is 0 Å². The van der Waals surface area contributed by atoms with Gasteiger partial charge in [0.05, 0.1) is 12.7 Å². The number of rotatable bonds is 3. The lowest BCUT2D eigenvalue weighted by Crippen LogP contribution is -2.42.